The zero-order valence-corrected chi connectivity index (χ0v) is 15.5. The topological polar surface area (TPSA) is 98.2 Å². The van der Waals surface area contributed by atoms with E-state index in [0.29, 0.717) is 29.7 Å². The Morgan fingerprint density at radius 3 is 2.72 bits per heavy atom. The van der Waals surface area contributed by atoms with E-state index in [1.54, 1.807) is 6.92 Å². The van der Waals surface area contributed by atoms with Gasteiger partial charge in [-0.25, -0.2) is 8.78 Å². The highest BCUT2D eigenvalue weighted by Crippen LogP contribution is 2.47. The van der Waals surface area contributed by atoms with Crippen LogP contribution in [-0.4, -0.2) is 43.7 Å². The lowest BCUT2D eigenvalue weighted by molar-refractivity contribution is -0.132. The lowest BCUT2D eigenvalue weighted by atomic mass is 9.94. The number of carbonyl (C=O) groups is 1. The third-order valence-corrected chi connectivity index (χ3v) is 5.67. The summed E-state index contributed by atoms with van der Waals surface area (Å²) in [7, 11) is 0. The Bertz CT molecular complexity index is 1080. The van der Waals surface area contributed by atoms with E-state index < -0.39 is 11.6 Å². The number of fused-ring (bicyclic) bond motifs is 2. The van der Waals surface area contributed by atoms with Crippen LogP contribution in [-0.2, 0) is 11.2 Å². The molecule has 1 aromatic carbocycles. The van der Waals surface area contributed by atoms with Crippen LogP contribution in [0, 0.1) is 24.5 Å². The van der Waals surface area contributed by atoms with Gasteiger partial charge in [-0.05, 0) is 43.9 Å². The molecule has 1 amide bonds. The van der Waals surface area contributed by atoms with Gasteiger partial charge in [-0.15, -0.1) is 0 Å². The predicted molar refractivity (Wildman–Crippen MR) is 93.4 cm³/mol. The van der Waals surface area contributed by atoms with Gasteiger partial charge in [0.05, 0.1) is 0 Å². The fraction of sp³-hybridized carbons (Fsp3) is 0.421. The zero-order valence-electron chi connectivity index (χ0n) is 15.5. The zero-order chi connectivity index (χ0) is 20.1. The highest BCUT2D eigenvalue weighted by molar-refractivity contribution is 5.78. The molecule has 1 aliphatic heterocycles. The second kappa shape index (κ2) is 6.71. The van der Waals surface area contributed by atoms with E-state index in [-0.39, 0.29) is 36.0 Å². The van der Waals surface area contributed by atoms with E-state index in [4.69, 9.17) is 9.05 Å². The van der Waals surface area contributed by atoms with E-state index in [2.05, 4.69) is 20.3 Å². The maximum absolute atomic E-state index is 13.5. The molecule has 3 unspecified atom stereocenters. The van der Waals surface area contributed by atoms with Crippen LogP contribution in [0.3, 0.4) is 0 Å². The molecule has 29 heavy (non-hydrogen) atoms. The molecule has 1 aliphatic carbocycles. The Labute approximate surface area is 163 Å². The summed E-state index contributed by atoms with van der Waals surface area (Å²) in [6.45, 7) is 2.31. The summed E-state index contributed by atoms with van der Waals surface area (Å²) in [5, 5.41) is 7.62. The molecule has 8 nitrogen and oxygen atoms in total. The molecule has 1 saturated heterocycles. The summed E-state index contributed by atoms with van der Waals surface area (Å²) in [4.78, 5) is 22.9. The van der Waals surface area contributed by atoms with Crippen molar-refractivity contribution in [3.05, 3.63) is 47.4 Å². The average molecular weight is 401 g/mol. The minimum absolute atomic E-state index is 0.0346. The first-order valence-electron chi connectivity index (χ1n) is 9.35. The van der Waals surface area contributed by atoms with E-state index >= 15 is 0 Å². The number of benzene rings is 1. The fourth-order valence-electron chi connectivity index (χ4n) is 4.34. The van der Waals surface area contributed by atoms with Gasteiger partial charge in [0.1, 0.15) is 6.42 Å². The van der Waals surface area contributed by atoms with Gasteiger partial charge in [0.25, 0.3) is 0 Å². The van der Waals surface area contributed by atoms with Crippen LogP contribution < -0.4 is 0 Å². The minimum atomic E-state index is -0.959. The molecular formula is C19H17F2N5O3. The molecule has 3 atom stereocenters. The molecule has 3 aromatic rings. The maximum Gasteiger partial charge on any atom is 0.236 e. The monoisotopic (exact) mass is 401 g/mol. The lowest BCUT2D eigenvalue weighted by Crippen LogP contribution is -2.40. The van der Waals surface area contributed by atoms with Gasteiger partial charge in [-0.2, -0.15) is 9.97 Å². The van der Waals surface area contributed by atoms with Gasteiger partial charge in [-0.1, -0.05) is 10.3 Å². The Morgan fingerprint density at radius 1 is 1.17 bits per heavy atom. The van der Waals surface area contributed by atoms with Gasteiger partial charge in [0, 0.05) is 24.1 Å². The van der Waals surface area contributed by atoms with E-state index in [9.17, 15) is 13.6 Å². The normalized spacial score (nSPS) is 23.1. The van der Waals surface area contributed by atoms with E-state index in [0.717, 1.165) is 25.0 Å². The van der Waals surface area contributed by atoms with Crippen molar-refractivity contribution < 1.29 is 22.6 Å². The number of likely N-dealkylation sites (tertiary alicyclic amines) is 1. The predicted octanol–water partition coefficient (Wildman–Crippen LogP) is 2.65. The Hall–Kier alpha value is -3.17. The number of rotatable bonds is 4. The van der Waals surface area contributed by atoms with Gasteiger partial charge < -0.3 is 13.9 Å². The second-order valence-corrected chi connectivity index (χ2v) is 7.54. The number of halogens is 2. The molecule has 1 saturated carbocycles. The lowest BCUT2D eigenvalue weighted by Gasteiger charge is -2.29. The molecular weight excluding hydrogens is 384 g/mol. The largest absolute Gasteiger partial charge is 0.339 e. The first kappa shape index (κ1) is 17.9. The van der Waals surface area contributed by atoms with Gasteiger partial charge in [0.2, 0.25) is 23.5 Å². The number of piperidine rings is 1. The molecule has 3 heterocycles. The van der Waals surface area contributed by atoms with Crippen LogP contribution in [0.15, 0.2) is 27.2 Å². The average Bonchev–Trinajstić information content (AvgIpc) is 3.47. The van der Waals surface area contributed by atoms with Crippen LogP contribution in [0.25, 0.3) is 11.4 Å². The summed E-state index contributed by atoms with van der Waals surface area (Å²) in [5.41, 5.74) is 0.355. The number of carbonyl (C=O) groups excluding carboxylic acids is 1. The van der Waals surface area contributed by atoms with Crippen molar-refractivity contribution in [1.82, 2.24) is 25.2 Å². The molecule has 2 aromatic heterocycles. The molecule has 5 rings (SSSR count). The molecule has 150 valence electrons. The minimum Gasteiger partial charge on any atom is -0.339 e. The highest BCUT2D eigenvalue weighted by atomic mass is 19.2. The molecule has 2 aliphatic rings. The van der Waals surface area contributed by atoms with Crippen molar-refractivity contribution in [3.63, 3.8) is 0 Å². The number of amides is 1. The number of aromatic nitrogens is 4. The van der Waals surface area contributed by atoms with Crippen molar-refractivity contribution in [2.45, 2.75) is 38.1 Å². The Kier molecular flexibility index (Phi) is 4.14. The quantitative estimate of drug-likeness (QED) is 0.663. The smallest absolute Gasteiger partial charge is 0.236 e. The van der Waals surface area contributed by atoms with Crippen LogP contribution in [0.5, 0.6) is 0 Å². The molecule has 10 heteroatoms. The van der Waals surface area contributed by atoms with Gasteiger partial charge in [-0.3, -0.25) is 4.79 Å². The Morgan fingerprint density at radius 2 is 2.03 bits per heavy atom. The summed E-state index contributed by atoms with van der Waals surface area (Å²) in [5.74, 6) is -0.145. The van der Waals surface area contributed by atoms with E-state index in [1.165, 1.54) is 6.07 Å². The SMILES string of the molecule is Cc1noc(CC(=O)N2CC3CC2CC3c2nc(-c3ccc(F)c(F)c3)no2)n1. The van der Waals surface area contributed by atoms with Gasteiger partial charge in [0.15, 0.2) is 17.5 Å². The third-order valence-electron chi connectivity index (χ3n) is 5.67. The summed E-state index contributed by atoms with van der Waals surface area (Å²) in [6, 6.07) is 3.59. The second-order valence-electron chi connectivity index (χ2n) is 7.54. The molecule has 2 bridgehead atoms. The van der Waals surface area contributed by atoms with Crippen molar-refractivity contribution >= 4 is 5.91 Å². The first-order valence-corrected chi connectivity index (χ1v) is 9.35. The summed E-state index contributed by atoms with van der Waals surface area (Å²) >= 11 is 0. The number of nitrogens with zero attached hydrogens (tertiary/aromatic N) is 5. The van der Waals surface area contributed by atoms with Crippen molar-refractivity contribution in [2.75, 3.05) is 6.54 Å². The van der Waals surface area contributed by atoms with Crippen molar-refractivity contribution in [2.24, 2.45) is 5.92 Å². The van der Waals surface area contributed by atoms with Crippen LogP contribution >= 0.6 is 0 Å². The fourth-order valence-corrected chi connectivity index (χ4v) is 4.34. The maximum atomic E-state index is 13.5. The molecule has 0 radical (unpaired) electrons. The van der Waals surface area contributed by atoms with Gasteiger partial charge >= 0.3 is 0 Å². The van der Waals surface area contributed by atoms with Crippen molar-refractivity contribution in [3.8, 4) is 11.4 Å². The summed E-state index contributed by atoms with van der Waals surface area (Å²) < 4.78 is 37.0. The first-order chi connectivity index (χ1) is 14.0. The summed E-state index contributed by atoms with van der Waals surface area (Å²) in [6.07, 6.45) is 1.68. The molecule has 2 fully saturated rings. The molecule has 0 N–H and O–H groups in total. The van der Waals surface area contributed by atoms with Crippen LogP contribution in [0.2, 0.25) is 0 Å². The number of hydrogen-bond acceptors (Lipinski definition) is 7. The highest BCUT2D eigenvalue weighted by Gasteiger charge is 2.49. The standard InChI is InChI=1S/C19H17F2N5O3/c1-9-22-16(28-24-9)7-17(27)26-8-11-4-12(26)6-13(11)19-23-18(25-29-19)10-2-3-14(20)15(21)5-10/h2-3,5,11-13H,4,6-8H2,1H3. The number of hydrogen-bond donors (Lipinski definition) is 0. The van der Waals surface area contributed by atoms with Crippen LogP contribution in [0.1, 0.15) is 36.4 Å². The number of aryl methyl sites for hydroxylation is 1. The Balaban J connectivity index is 1.27. The van der Waals surface area contributed by atoms with Crippen molar-refractivity contribution in [1.29, 1.82) is 0 Å². The van der Waals surface area contributed by atoms with E-state index in [1.807, 2.05) is 4.90 Å². The third kappa shape index (κ3) is 3.18. The van der Waals surface area contributed by atoms with Crippen LogP contribution in [0.4, 0.5) is 8.78 Å². The molecule has 0 spiro atoms.